The fourth-order valence-electron chi connectivity index (χ4n) is 1.24. The molecule has 0 radical (unpaired) electrons. The molecule has 2 heterocycles. The minimum atomic E-state index is -0.364. The molecular weight excluding hydrogens is 198 g/mol. The van der Waals surface area contributed by atoms with E-state index in [1.165, 1.54) is 6.33 Å². The lowest BCUT2D eigenvalue weighted by Crippen LogP contribution is -2.14. The Hall–Kier alpha value is -2.18. The Morgan fingerprint density at radius 3 is 2.80 bits per heavy atom. The molecule has 7 heteroatoms. The Morgan fingerprint density at radius 2 is 2.27 bits per heavy atom. The van der Waals surface area contributed by atoms with Crippen molar-refractivity contribution < 1.29 is 5.11 Å². The summed E-state index contributed by atoms with van der Waals surface area (Å²) in [4.78, 5) is 21.6. The highest BCUT2D eigenvalue weighted by atomic mass is 16.3. The normalized spacial score (nSPS) is 10.5. The predicted molar refractivity (Wildman–Crippen MR) is 51.3 cm³/mol. The Bertz CT molecular complexity index is 516. The van der Waals surface area contributed by atoms with E-state index in [-0.39, 0.29) is 22.8 Å². The summed E-state index contributed by atoms with van der Waals surface area (Å²) < 4.78 is 0. The van der Waals surface area contributed by atoms with Gasteiger partial charge in [-0.2, -0.15) is 10.1 Å². The van der Waals surface area contributed by atoms with Gasteiger partial charge in [-0.05, 0) is 6.42 Å². The molecule has 0 spiro atoms. The predicted octanol–water partition coefficient (Wildman–Crippen LogP) is -0.177. The van der Waals surface area contributed by atoms with Crippen molar-refractivity contribution in [1.82, 2.24) is 25.1 Å². The molecule has 2 rings (SSSR count). The lowest BCUT2D eigenvalue weighted by atomic mass is 10.2. The first kappa shape index (κ1) is 9.38. The van der Waals surface area contributed by atoms with Crippen molar-refractivity contribution in [3.63, 3.8) is 0 Å². The third kappa shape index (κ3) is 1.58. The molecule has 0 unspecified atom stereocenters. The molecular formula is C8H9N5O2. The number of nitrogens with zero attached hydrogens (tertiary/aromatic N) is 3. The summed E-state index contributed by atoms with van der Waals surface area (Å²) >= 11 is 0. The van der Waals surface area contributed by atoms with Gasteiger partial charge in [-0.1, -0.05) is 6.92 Å². The maximum Gasteiger partial charge on any atom is 0.258 e. The average Bonchev–Trinajstić information content (AvgIpc) is 2.69. The Balaban J connectivity index is 2.58. The second-order valence-corrected chi connectivity index (χ2v) is 2.90. The van der Waals surface area contributed by atoms with Gasteiger partial charge in [-0.3, -0.25) is 9.89 Å². The first-order chi connectivity index (χ1) is 7.22. The molecule has 2 aromatic rings. The lowest BCUT2D eigenvalue weighted by Gasteiger charge is -2.01. The van der Waals surface area contributed by atoms with E-state index >= 15 is 0 Å². The summed E-state index contributed by atoms with van der Waals surface area (Å²) in [6.07, 6.45) is 1.71. The maximum atomic E-state index is 11.5. The molecule has 0 fully saturated rings. The van der Waals surface area contributed by atoms with Gasteiger partial charge in [-0.15, -0.1) is 0 Å². The first-order valence-corrected chi connectivity index (χ1v) is 4.40. The molecule has 0 saturated carbocycles. The van der Waals surface area contributed by atoms with Crippen LogP contribution in [0.25, 0.3) is 11.6 Å². The van der Waals surface area contributed by atoms with Crippen LogP contribution in [-0.2, 0) is 6.42 Å². The van der Waals surface area contributed by atoms with Crippen LogP contribution in [0.2, 0.25) is 0 Å². The van der Waals surface area contributed by atoms with Crippen LogP contribution in [0.1, 0.15) is 12.5 Å². The average molecular weight is 207 g/mol. The van der Waals surface area contributed by atoms with Gasteiger partial charge in [0.05, 0.1) is 5.56 Å². The standard InChI is InChI=1S/C8H9N5O2/c1-2-4-7(14)11-6(12-8(4)15)5-9-3-10-13-5/h3H,2H2,1H3,(H,9,10,13)(H2,11,12,14,15). The molecule has 0 aliphatic carbocycles. The molecule has 15 heavy (non-hydrogen) atoms. The molecule has 0 aliphatic heterocycles. The van der Waals surface area contributed by atoms with Gasteiger partial charge in [0.2, 0.25) is 5.88 Å². The van der Waals surface area contributed by atoms with E-state index in [1.807, 2.05) is 0 Å². The van der Waals surface area contributed by atoms with Crippen molar-refractivity contribution in [2.24, 2.45) is 0 Å². The zero-order valence-electron chi connectivity index (χ0n) is 7.98. The number of nitrogens with one attached hydrogen (secondary N) is 2. The number of hydrogen-bond acceptors (Lipinski definition) is 5. The number of rotatable bonds is 2. The van der Waals surface area contributed by atoms with Crippen LogP contribution in [0.4, 0.5) is 0 Å². The molecule has 0 aliphatic rings. The molecule has 7 nitrogen and oxygen atoms in total. The molecule has 0 saturated heterocycles. The van der Waals surface area contributed by atoms with Crippen LogP contribution in [-0.4, -0.2) is 30.3 Å². The SMILES string of the molecule is CCc1c(O)nc(-c2ncn[nH]2)[nH]c1=O. The molecule has 78 valence electrons. The highest BCUT2D eigenvalue weighted by molar-refractivity contribution is 5.43. The molecule has 3 N–H and O–H groups in total. The van der Waals surface area contributed by atoms with E-state index in [0.717, 1.165) is 0 Å². The maximum absolute atomic E-state index is 11.5. The number of aromatic nitrogens is 5. The number of aromatic amines is 2. The van der Waals surface area contributed by atoms with Crippen molar-refractivity contribution >= 4 is 0 Å². The second kappa shape index (κ2) is 3.52. The third-order valence-electron chi connectivity index (χ3n) is 1.99. The fourth-order valence-corrected chi connectivity index (χ4v) is 1.24. The van der Waals surface area contributed by atoms with E-state index in [1.54, 1.807) is 6.92 Å². The highest BCUT2D eigenvalue weighted by Gasteiger charge is 2.11. The van der Waals surface area contributed by atoms with Gasteiger partial charge in [0, 0.05) is 0 Å². The van der Waals surface area contributed by atoms with Gasteiger partial charge < -0.3 is 10.1 Å². The number of H-pyrrole nitrogens is 2. The highest BCUT2D eigenvalue weighted by Crippen LogP contribution is 2.13. The second-order valence-electron chi connectivity index (χ2n) is 2.90. The third-order valence-corrected chi connectivity index (χ3v) is 1.99. The van der Waals surface area contributed by atoms with Crippen LogP contribution < -0.4 is 5.56 Å². The molecule has 0 atom stereocenters. The minimum absolute atomic E-state index is 0.173. The van der Waals surface area contributed by atoms with E-state index in [4.69, 9.17) is 0 Å². The zero-order valence-corrected chi connectivity index (χ0v) is 7.98. The fraction of sp³-hybridized carbons (Fsp3) is 0.250. The van der Waals surface area contributed by atoms with Crippen molar-refractivity contribution in [3.8, 4) is 17.5 Å². The van der Waals surface area contributed by atoms with Crippen LogP contribution in [0.15, 0.2) is 11.1 Å². The van der Waals surface area contributed by atoms with Gasteiger partial charge in [-0.25, -0.2) is 4.98 Å². The summed E-state index contributed by atoms with van der Waals surface area (Å²) in [6.45, 7) is 1.76. The van der Waals surface area contributed by atoms with Crippen molar-refractivity contribution in [1.29, 1.82) is 0 Å². The van der Waals surface area contributed by atoms with Crippen molar-refractivity contribution in [2.75, 3.05) is 0 Å². The number of hydrogen-bond donors (Lipinski definition) is 3. The van der Waals surface area contributed by atoms with E-state index in [0.29, 0.717) is 12.2 Å². The zero-order chi connectivity index (χ0) is 10.8. The van der Waals surface area contributed by atoms with Gasteiger partial charge in [0.1, 0.15) is 6.33 Å². The van der Waals surface area contributed by atoms with Gasteiger partial charge >= 0.3 is 0 Å². The topological polar surface area (TPSA) is 108 Å². The van der Waals surface area contributed by atoms with Crippen molar-refractivity contribution in [3.05, 3.63) is 22.2 Å². The van der Waals surface area contributed by atoms with Crippen LogP contribution >= 0.6 is 0 Å². The van der Waals surface area contributed by atoms with Crippen LogP contribution in [0.3, 0.4) is 0 Å². The Labute approximate surface area is 84.2 Å². The molecule has 0 aromatic carbocycles. The van der Waals surface area contributed by atoms with Crippen molar-refractivity contribution in [2.45, 2.75) is 13.3 Å². The molecule has 0 amide bonds. The molecule has 2 aromatic heterocycles. The van der Waals surface area contributed by atoms with Crippen LogP contribution in [0.5, 0.6) is 5.88 Å². The Morgan fingerprint density at radius 1 is 1.47 bits per heavy atom. The largest absolute Gasteiger partial charge is 0.493 e. The Kier molecular flexibility index (Phi) is 2.20. The number of aromatic hydroxyl groups is 1. The smallest absolute Gasteiger partial charge is 0.258 e. The summed E-state index contributed by atoms with van der Waals surface area (Å²) in [5, 5.41) is 15.6. The first-order valence-electron chi connectivity index (χ1n) is 4.40. The quantitative estimate of drug-likeness (QED) is 0.633. The van der Waals surface area contributed by atoms with Gasteiger partial charge in [0.25, 0.3) is 5.56 Å². The van der Waals surface area contributed by atoms with Crippen LogP contribution in [0, 0.1) is 0 Å². The minimum Gasteiger partial charge on any atom is -0.493 e. The van der Waals surface area contributed by atoms with Gasteiger partial charge in [0.15, 0.2) is 11.6 Å². The lowest BCUT2D eigenvalue weighted by molar-refractivity contribution is 0.444. The molecule has 0 bridgehead atoms. The monoisotopic (exact) mass is 207 g/mol. The van der Waals surface area contributed by atoms with E-state index in [9.17, 15) is 9.90 Å². The summed E-state index contributed by atoms with van der Waals surface area (Å²) in [6, 6.07) is 0. The van der Waals surface area contributed by atoms with E-state index in [2.05, 4.69) is 25.1 Å². The summed E-state index contributed by atoms with van der Waals surface area (Å²) in [7, 11) is 0. The summed E-state index contributed by atoms with van der Waals surface area (Å²) in [5.41, 5.74) is -0.102. The van der Waals surface area contributed by atoms with E-state index < -0.39 is 0 Å². The summed E-state index contributed by atoms with van der Waals surface area (Å²) in [5.74, 6) is 0.213.